The summed E-state index contributed by atoms with van der Waals surface area (Å²) in [6.45, 7) is 2.04. The summed E-state index contributed by atoms with van der Waals surface area (Å²) < 4.78 is 0. The molecule has 5 heteroatoms. The average Bonchev–Trinajstić information content (AvgIpc) is 2.88. The lowest BCUT2D eigenvalue weighted by Gasteiger charge is -2.47. The Labute approximate surface area is 138 Å². The van der Waals surface area contributed by atoms with Crippen molar-refractivity contribution in [3.8, 4) is 0 Å². The third-order valence-electron chi connectivity index (χ3n) is 6.43. The van der Waals surface area contributed by atoms with E-state index in [-0.39, 0.29) is 11.3 Å². The Morgan fingerprint density at radius 1 is 1.00 bits per heavy atom. The van der Waals surface area contributed by atoms with Gasteiger partial charge >= 0.3 is 0 Å². The SMILES string of the molecule is O=C(NC(=S)NN1CCCC1)C12CC3C[C@@H](CC[C@@H](C3)C1)C2. The number of amides is 1. The van der Waals surface area contributed by atoms with Crippen LogP contribution in [0.3, 0.4) is 0 Å². The van der Waals surface area contributed by atoms with Crippen LogP contribution < -0.4 is 10.7 Å². The lowest BCUT2D eigenvalue weighted by atomic mass is 9.58. The molecular formula is C17H27N3OS. The van der Waals surface area contributed by atoms with Crippen LogP contribution in [-0.2, 0) is 4.79 Å². The molecule has 2 N–H and O–H groups in total. The van der Waals surface area contributed by atoms with Crippen LogP contribution in [0, 0.1) is 23.2 Å². The second-order valence-electron chi connectivity index (χ2n) is 8.13. The predicted molar refractivity (Wildman–Crippen MR) is 89.9 cm³/mol. The van der Waals surface area contributed by atoms with Crippen molar-refractivity contribution in [3.05, 3.63) is 0 Å². The molecule has 22 heavy (non-hydrogen) atoms. The molecule has 4 saturated carbocycles. The van der Waals surface area contributed by atoms with Crippen LogP contribution in [0.5, 0.6) is 0 Å². The molecule has 2 unspecified atom stereocenters. The second kappa shape index (κ2) is 5.75. The Morgan fingerprint density at radius 2 is 1.59 bits per heavy atom. The first kappa shape index (κ1) is 14.9. The van der Waals surface area contributed by atoms with Crippen LogP contribution in [0.2, 0.25) is 0 Å². The van der Waals surface area contributed by atoms with E-state index >= 15 is 0 Å². The number of hydrazine groups is 1. The minimum Gasteiger partial charge on any atom is -0.302 e. The lowest BCUT2D eigenvalue weighted by molar-refractivity contribution is -0.137. The zero-order valence-corrected chi connectivity index (χ0v) is 14.1. The Balaban J connectivity index is 1.42. The van der Waals surface area contributed by atoms with E-state index in [1.165, 1.54) is 38.5 Å². The van der Waals surface area contributed by atoms with Gasteiger partial charge in [0, 0.05) is 13.1 Å². The number of fused-ring (bicyclic) bond motifs is 1. The summed E-state index contributed by atoms with van der Waals surface area (Å²) in [6, 6.07) is 0. The summed E-state index contributed by atoms with van der Waals surface area (Å²) in [6.07, 6.45) is 11.1. The van der Waals surface area contributed by atoms with Gasteiger partial charge in [0.2, 0.25) is 5.91 Å². The number of nitrogens with zero attached hydrogens (tertiary/aromatic N) is 1. The van der Waals surface area contributed by atoms with Gasteiger partial charge in [-0.15, -0.1) is 0 Å². The van der Waals surface area contributed by atoms with E-state index in [0.717, 1.165) is 50.1 Å². The number of thiocarbonyl (C=S) groups is 1. The topological polar surface area (TPSA) is 44.4 Å². The summed E-state index contributed by atoms with van der Waals surface area (Å²) in [5, 5.41) is 5.65. The molecule has 4 aliphatic carbocycles. The van der Waals surface area contributed by atoms with Crippen LogP contribution in [0.15, 0.2) is 0 Å². The number of carbonyl (C=O) groups excluding carboxylic acids is 1. The highest BCUT2D eigenvalue weighted by Crippen LogP contribution is 2.57. The summed E-state index contributed by atoms with van der Waals surface area (Å²) in [7, 11) is 0. The minimum absolute atomic E-state index is 0.121. The second-order valence-corrected chi connectivity index (χ2v) is 8.54. The van der Waals surface area contributed by atoms with Gasteiger partial charge in [0.1, 0.15) is 0 Å². The fourth-order valence-electron chi connectivity index (χ4n) is 5.71. The van der Waals surface area contributed by atoms with Crippen molar-refractivity contribution in [2.24, 2.45) is 23.2 Å². The number of carbonyl (C=O) groups is 1. The van der Waals surface area contributed by atoms with Gasteiger partial charge in [-0.05, 0) is 74.9 Å². The fraction of sp³-hybridized carbons (Fsp3) is 0.882. The molecule has 1 heterocycles. The van der Waals surface area contributed by atoms with Gasteiger partial charge in [-0.25, -0.2) is 5.01 Å². The van der Waals surface area contributed by atoms with Gasteiger partial charge in [-0.3, -0.25) is 10.2 Å². The van der Waals surface area contributed by atoms with Crippen molar-refractivity contribution in [1.29, 1.82) is 0 Å². The maximum Gasteiger partial charge on any atom is 0.232 e. The van der Waals surface area contributed by atoms with E-state index in [0.29, 0.717) is 5.11 Å². The number of hydrogen-bond donors (Lipinski definition) is 2. The largest absolute Gasteiger partial charge is 0.302 e. The van der Waals surface area contributed by atoms with Crippen molar-refractivity contribution in [1.82, 2.24) is 15.8 Å². The number of rotatable bonds is 2. The van der Waals surface area contributed by atoms with Gasteiger partial charge in [0.25, 0.3) is 0 Å². The smallest absolute Gasteiger partial charge is 0.232 e. The monoisotopic (exact) mass is 321 g/mol. The van der Waals surface area contributed by atoms with Gasteiger partial charge in [0.05, 0.1) is 5.41 Å². The summed E-state index contributed by atoms with van der Waals surface area (Å²) in [4.78, 5) is 13.0. The predicted octanol–water partition coefficient (Wildman–Crippen LogP) is 2.59. The number of hydrogen-bond acceptors (Lipinski definition) is 3. The molecule has 1 saturated heterocycles. The first-order valence-electron chi connectivity index (χ1n) is 9.00. The molecule has 5 rings (SSSR count). The Bertz CT molecular complexity index is 459. The Morgan fingerprint density at radius 3 is 2.23 bits per heavy atom. The average molecular weight is 321 g/mol. The van der Waals surface area contributed by atoms with E-state index in [4.69, 9.17) is 12.2 Å². The summed E-state index contributed by atoms with van der Waals surface area (Å²) in [5.41, 5.74) is 3.07. The molecule has 0 aromatic heterocycles. The Kier molecular flexibility index (Phi) is 3.89. The molecule has 0 spiro atoms. The molecule has 0 aromatic carbocycles. The van der Waals surface area contributed by atoms with Crippen molar-refractivity contribution < 1.29 is 4.79 Å². The molecule has 0 radical (unpaired) electrons. The van der Waals surface area contributed by atoms with Gasteiger partial charge in [0.15, 0.2) is 5.11 Å². The quantitative estimate of drug-likeness (QED) is 0.767. The van der Waals surface area contributed by atoms with E-state index in [2.05, 4.69) is 15.8 Å². The summed E-state index contributed by atoms with van der Waals surface area (Å²) >= 11 is 5.37. The highest BCUT2D eigenvalue weighted by atomic mass is 32.1. The van der Waals surface area contributed by atoms with Gasteiger partial charge in [-0.2, -0.15) is 0 Å². The van der Waals surface area contributed by atoms with Crippen LogP contribution in [0.4, 0.5) is 0 Å². The van der Waals surface area contributed by atoms with Gasteiger partial charge < -0.3 is 5.32 Å². The molecule has 4 atom stereocenters. The zero-order chi connectivity index (χ0) is 15.2. The third-order valence-corrected chi connectivity index (χ3v) is 6.62. The molecular weight excluding hydrogens is 294 g/mol. The molecule has 5 aliphatic rings. The summed E-state index contributed by atoms with van der Waals surface area (Å²) in [5.74, 6) is 2.53. The van der Waals surface area contributed by atoms with Crippen molar-refractivity contribution >= 4 is 23.2 Å². The van der Waals surface area contributed by atoms with Crippen LogP contribution in [0.25, 0.3) is 0 Å². The highest BCUT2D eigenvalue weighted by Gasteiger charge is 2.52. The molecule has 0 aromatic rings. The maximum atomic E-state index is 13.0. The maximum absolute atomic E-state index is 13.0. The molecule has 1 amide bonds. The van der Waals surface area contributed by atoms with Crippen LogP contribution in [-0.4, -0.2) is 29.1 Å². The van der Waals surface area contributed by atoms with Crippen LogP contribution >= 0.6 is 12.2 Å². The lowest BCUT2D eigenvalue weighted by Crippen LogP contribution is -2.54. The van der Waals surface area contributed by atoms with Crippen molar-refractivity contribution in [2.75, 3.05) is 13.1 Å². The zero-order valence-electron chi connectivity index (χ0n) is 13.3. The van der Waals surface area contributed by atoms with E-state index in [9.17, 15) is 4.79 Å². The molecule has 1 aliphatic heterocycles. The highest BCUT2D eigenvalue weighted by molar-refractivity contribution is 7.80. The standard InChI is InChI=1S/C17H27N3OS/c21-15(18-16(22)19-20-5-1-2-6-20)17-9-12-3-4-13(10-17)8-14(7-12)11-17/h12-14H,1-11H2,(H2,18,19,21,22)/t12-,13+,14?,17?. The normalized spacial score (nSPS) is 40.5. The minimum atomic E-state index is -0.121. The third kappa shape index (κ3) is 2.78. The Hall–Kier alpha value is -0.680. The fourth-order valence-corrected chi connectivity index (χ4v) is 5.93. The number of nitrogens with one attached hydrogen (secondary N) is 2. The first-order chi connectivity index (χ1) is 10.6. The molecule has 5 fully saturated rings. The van der Waals surface area contributed by atoms with E-state index in [1.54, 1.807) is 0 Å². The van der Waals surface area contributed by atoms with Crippen LogP contribution in [0.1, 0.15) is 57.8 Å². The van der Waals surface area contributed by atoms with Gasteiger partial charge in [-0.1, -0.05) is 12.8 Å². The van der Waals surface area contributed by atoms with Crippen molar-refractivity contribution in [2.45, 2.75) is 57.8 Å². The van der Waals surface area contributed by atoms with Crippen molar-refractivity contribution in [3.63, 3.8) is 0 Å². The molecule has 4 bridgehead atoms. The van der Waals surface area contributed by atoms with E-state index in [1.807, 2.05) is 0 Å². The molecule has 4 nitrogen and oxygen atoms in total. The molecule has 122 valence electrons. The van der Waals surface area contributed by atoms with E-state index < -0.39 is 0 Å². The first-order valence-corrected chi connectivity index (χ1v) is 9.41.